The van der Waals surface area contributed by atoms with Gasteiger partial charge in [-0.15, -0.1) is 0 Å². The summed E-state index contributed by atoms with van der Waals surface area (Å²) in [5.41, 5.74) is 2.32. The van der Waals surface area contributed by atoms with Crippen molar-refractivity contribution in [1.29, 1.82) is 0 Å². The fraction of sp³-hybridized carbons (Fsp3) is 0.235. The summed E-state index contributed by atoms with van der Waals surface area (Å²) in [6, 6.07) is 8.75. The Morgan fingerprint density at radius 1 is 1.00 bits per heavy atom. The smallest absolute Gasteiger partial charge is 0.337 e. The van der Waals surface area contributed by atoms with Crippen molar-refractivity contribution in [2.45, 2.75) is 0 Å². The second kappa shape index (κ2) is 6.58. The zero-order chi connectivity index (χ0) is 16.2. The Hall–Kier alpha value is -2.73. The first-order valence-electron chi connectivity index (χ1n) is 7.44. The van der Waals surface area contributed by atoms with E-state index in [4.69, 9.17) is 5.11 Å². The lowest BCUT2D eigenvalue weighted by atomic mass is 10.0. The molecule has 2 heterocycles. The standard InChI is InChI=1S/C17H17N3O3/c21-16(20-7-5-18-6-8-20)13-3-1-12(2-4-13)14-9-15(17(22)23)11-19-10-14/h1-4,9-11,18H,5-8H2,(H,22,23). The van der Waals surface area contributed by atoms with Gasteiger partial charge in [-0.1, -0.05) is 12.1 Å². The summed E-state index contributed by atoms with van der Waals surface area (Å²) in [6.07, 6.45) is 2.92. The van der Waals surface area contributed by atoms with E-state index in [1.807, 2.05) is 17.0 Å². The molecular weight excluding hydrogens is 294 g/mol. The highest BCUT2D eigenvalue weighted by molar-refractivity contribution is 5.95. The molecule has 1 saturated heterocycles. The van der Waals surface area contributed by atoms with Crippen molar-refractivity contribution in [3.63, 3.8) is 0 Å². The quantitative estimate of drug-likeness (QED) is 0.897. The number of rotatable bonds is 3. The molecule has 3 rings (SSSR count). The van der Waals surface area contributed by atoms with Crippen molar-refractivity contribution >= 4 is 11.9 Å². The highest BCUT2D eigenvalue weighted by Crippen LogP contribution is 2.20. The Morgan fingerprint density at radius 2 is 1.70 bits per heavy atom. The van der Waals surface area contributed by atoms with Gasteiger partial charge in [0.15, 0.2) is 0 Å². The van der Waals surface area contributed by atoms with Crippen LogP contribution in [-0.2, 0) is 0 Å². The first-order chi connectivity index (χ1) is 11.1. The fourth-order valence-electron chi connectivity index (χ4n) is 2.57. The lowest BCUT2D eigenvalue weighted by Crippen LogP contribution is -2.46. The number of amides is 1. The van der Waals surface area contributed by atoms with Crippen LogP contribution in [0.1, 0.15) is 20.7 Å². The van der Waals surface area contributed by atoms with Gasteiger partial charge in [0, 0.05) is 49.7 Å². The maximum Gasteiger partial charge on any atom is 0.337 e. The van der Waals surface area contributed by atoms with Gasteiger partial charge in [0.2, 0.25) is 0 Å². The number of nitrogens with zero attached hydrogens (tertiary/aromatic N) is 2. The maximum absolute atomic E-state index is 12.4. The molecule has 1 fully saturated rings. The number of benzene rings is 1. The Bertz CT molecular complexity index is 722. The molecule has 0 aliphatic carbocycles. The van der Waals surface area contributed by atoms with Crippen LogP contribution in [0.2, 0.25) is 0 Å². The summed E-state index contributed by atoms with van der Waals surface area (Å²) < 4.78 is 0. The van der Waals surface area contributed by atoms with Crippen LogP contribution < -0.4 is 5.32 Å². The number of hydrogen-bond acceptors (Lipinski definition) is 4. The molecule has 1 aromatic carbocycles. The molecule has 2 N–H and O–H groups in total. The van der Waals surface area contributed by atoms with Gasteiger partial charge in [-0.05, 0) is 23.8 Å². The molecule has 1 aromatic heterocycles. The third-order valence-electron chi connectivity index (χ3n) is 3.85. The average Bonchev–Trinajstić information content (AvgIpc) is 2.62. The fourth-order valence-corrected chi connectivity index (χ4v) is 2.57. The number of carboxylic acids is 1. The summed E-state index contributed by atoms with van der Waals surface area (Å²) in [4.78, 5) is 29.2. The average molecular weight is 311 g/mol. The summed E-state index contributed by atoms with van der Waals surface area (Å²) in [5, 5.41) is 12.2. The van der Waals surface area contributed by atoms with Crippen LogP contribution in [0.15, 0.2) is 42.7 Å². The first kappa shape index (κ1) is 15.2. The van der Waals surface area contributed by atoms with Crippen molar-refractivity contribution in [3.05, 3.63) is 53.9 Å². The Kier molecular flexibility index (Phi) is 4.34. The van der Waals surface area contributed by atoms with Gasteiger partial charge in [-0.3, -0.25) is 9.78 Å². The molecule has 0 bridgehead atoms. The monoisotopic (exact) mass is 311 g/mol. The minimum absolute atomic E-state index is 0.0236. The molecule has 6 heteroatoms. The van der Waals surface area contributed by atoms with Gasteiger partial charge in [0.1, 0.15) is 0 Å². The predicted molar refractivity (Wildman–Crippen MR) is 85.4 cm³/mol. The normalized spacial score (nSPS) is 14.5. The topological polar surface area (TPSA) is 82.5 Å². The van der Waals surface area contributed by atoms with E-state index in [1.54, 1.807) is 24.4 Å². The number of aromatic nitrogens is 1. The van der Waals surface area contributed by atoms with Crippen molar-refractivity contribution in [2.24, 2.45) is 0 Å². The molecule has 6 nitrogen and oxygen atoms in total. The lowest BCUT2D eigenvalue weighted by molar-refractivity contribution is 0.0694. The molecule has 118 valence electrons. The van der Waals surface area contributed by atoms with E-state index >= 15 is 0 Å². The van der Waals surface area contributed by atoms with Gasteiger partial charge in [0.25, 0.3) is 5.91 Å². The largest absolute Gasteiger partial charge is 0.478 e. The van der Waals surface area contributed by atoms with Gasteiger partial charge in [-0.2, -0.15) is 0 Å². The Balaban J connectivity index is 1.80. The van der Waals surface area contributed by atoms with Crippen molar-refractivity contribution in [2.75, 3.05) is 26.2 Å². The molecule has 1 amide bonds. The van der Waals surface area contributed by atoms with E-state index in [9.17, 15) is 9.59 Å². The summed E-state index contributed by atoms with van der Waals surface area (Å²) in [7, 11) is 0. The van der Waals surface area contributed by atoms with E-state index in [0.717, 1.165) is 18.7 Å². The lowest BCUT2D eigenvalue weighted by Gasteiger charge is -2.27. The van der Waals surface area contributed by atoms with Gasteiger partial charge in [-0.25, -0.2) is 4.79 Å². The van der Waals surface area contributed by atoms with Crippen LogP contribution in [0.5, 0.6) is 0 Å². The van der Waals surface area contributed by atoms with Crippen LogP contribution in [0.4, 0.5) is 0 Å². The minimum Gasteiger partial charge on any atom is -0.478 e. The molecule has 0 atom stereocenters. The third kappa shape index (κ3) is 3.37. The van der Waals surface area contributed by atoms with E-state index in [1.165, 1.54) is 6.20 Å². The molecule has 0 spiro atoms. The van der Waals surface area contributed by atoms with Crippen molar-refractivity contribution in [3.8, 4) is 11.1 Å². The molecular formula is C17H17N3O3. The molecule has 0 unspecified atom stereocenters. The number of nitrogens with one attached hydrogen (secondary N) is 1. The number of carbonyl (C=O) groups excluding carboxylic acids is 1. The molecule has 1 aliphatic rings. The van der Waals surface area contributed by atoms with Crippen molar-refractivity contribution in [1.82, 2.24) is 15.2 Å². The molecule has 0 saturated carbocycles. The second-order valence-electron chi connectivity index (χ2n) is 5.39. The van der Waals surface area contributed by atoms with Crippen LogP contribution in [0.3, 0.4) is 0 Å². The number of carboxylic acid groups (broad SMARTS) is 1. The number of piperazine rings is 1. The van der Waals surface area contributed by atoms with Crippen molar-refractivity contribution < 1.29 is 14.7 Å². The first-order valence-corrected chi connectivity index (χ1v) is 7.44. The zero-order valence-corrected chi connectivity index (χ0v) is 12.5. The SMILES string of the molecule is O=C(O)c1cncc(-c2ccc(C(=O)N3CCNCC3)cc2)c1. The van der Waals surface area contributed by atoms with Crippen LogP contribution >= 0.6 is 0 Å². The molecule has 1 aliphatic heterocycles. The molecule has 23 heavy (non-hydrogen) atoms. The molecule has 0 radical (unpaired) electrons. The predicted octanol–water partition coefficient (Wildman–Crippen LogP) is 1.49. The minimum atomic E-state index is -1.01. The van der Waals surface area contributed by atoms with Gasteiger partial charge >= 0.3 is 5.97 Å². The van der Waals surface area contributed by atoms with Crippen LogP contribution in [-0.4, -0.2) is 53.0 Å². The molecule has 2 aromatic rings. The zero-order valence-electron chi connectivity index (χ0n) is 12.5. The summed E-state index contributed by atoms with van der Waals surface area (Å²) >= 11 is 0. The van der Waals surface area contributed by atoms with Gasteiger partial charge < -0.3 is 15.3 Å². The van der Waals surface area contributed by atoms with Gasteiger partial charge in [0.05, 0.1) is 5.56 Å². The number of carbonyl (C=O) groups is 2. The number of aromatic carboxylic acids is 1. The van der Waals surface area contributed by atoms with E-state index in [-0.39, 0.29) is 11.5 Å². The Labute approximate surface area is 133 Å². The summed E-state index contributed by atoms with van der Waals surface area (Å²) in [5.74, 6) is -0.986. The van der Waals surface area contributed by atoms with E-state index in [0.29, 0.717) is 24.2 Å². The maximum atomic E-state index is 12.4. The van der Waals surface area contributed by atoms with E-state index in [2.05, 4.69) is 10.3 Å². The highest BCUT2D eigenvalue weighted by atomic mass is 16.4. The number of hydrogen-bond donors (Lipinski definition) is 2. The highest BCUT2D eigenvalue weighted by Gasteiger charge is 2.17. The van der Waals surface area contributed by atoms with Crippen LogP contribution in [0.25, 0.3) is 11.1 Å². The summed E-state index contributed by atoms with van der Waals surface area (Å²) in [6.45, 7) is 3.06. The second-order valence-corrected chi connectivity index (χ2v) is 5.39. The number of pyridine rings is 1. The van der Waals surface area contributed by atoms with Crippen LogP contribution in [0, 0.1) is 0 Å². The third-order valence-corrected chi connectivity index (χ3v) is 3.85. The Morgan fingerprint density at radius 3 is 2.35 bits per heavy atom. The van der Waals surface area contributed by atoms with E-state index < -0.39 is 5.97 Å².